The average Bonchev–Trinajstić information content (AvgIpc) is 2.45. The monoisotopic (exact) mass is 284 g/mol. The maximum Gasteiger partial charge on any atom is 0.329 e. The molecule has 1 rings (SSSR count). The van der Waals surface area contributed by atoms with E-state index in [1.807, 2.05) is 0 Å². The first-order valence-electron chi connectivity index (χ1n) is 7.41. The summed E-state index contributed by atoms with van der Waals surface area (Å²) in [6.45, 7) is 6.90. The summed E-state index contributed by atoms with van der Waals surface area (Å²) in [4.78, 5) is 20.6. The molecule has 0 spiro atoms. The van der Waals surface area contributed by atoms with Gasteiger partial charge in [0, 0.05) is 13.0 Å². The number of esters is 2. The third kappa shape index (κ3) is 9.59. The van der Waals surface area contributed by atoms with E-state index in [-0.39, 0.29) is 12.1 Å². The highest BCUT2D eigenvalue weighted by atomic mass is 16.5. The molecule has 0 aromatic heterocycles. The van der Waals surface area contributed by atoms with E-state index in [4.69, 9.17) is 4.74 Å². The molecule has 4 nitrogen and oxygen atoms in total. The molecular formula is C16H28O4. The normalized spacial score (nSPS) is 21.1. The summed E-state index contributed by atoms with van der Waals surface area (Å²) in [5.41, 5.74) is 0. The summed E-state index contributed by atoms with van der Waals surface area (Å²) >= 11 is 0. The molecule has 4 heteroatoms. The number of carbonyl (C=O) groups is 2. The molecule has 0 aromatic rings. The zero-order valence-electron chi connectivity index (χ0n) is 13.0. The van der Waals surface area contributed by atoms with Gasteiger partial charge in [-0.25, -0.2) is 4.79 Å². The fourth-order valence-electron chi connectivity index (χ4n) is 2.35. The Bertz CT molecular complexity index is 291. The van der Waals surface area contributed by atoms with Gasteiger partial charge >= 0.3 is 11.9 Å². The van der Waals surface area contributed by atoms with E-state index in [1.165, 1.54) is 46.1 Å². The van der Waals surface area contributed by atoms with Crippen molar-refractivity contribution in [3.63, 3.8) is 0 Å². The Morgan fingerprint density at radius 1 is 1.25 bits per heavy atom. The number of unbranched alkanes of at least 4 members (excludes halogenated alkanes) is 1. The Balaban J connectivity index is 0.000000511. The van der Waals surface area contributed by atoms with Crippen LogP contribution < -0.4 is 0 Å². The third-order valence-electron chi connectivity index (χ3n) is 3.46. The van der Waals surface area contributed by atoms with Crippen LogP contribution >= 0.6 is 0 Å². The van der Waals surface area contributed by atoms with Crippen LogP contribution in [0.4, 0.5) is 0 Å². The van der Waals surface area contributed by atoms with Crippen LogP contribution in [0.15, 0.2) is 12.7 Å². The van der Waals surface area contributed by atoms with Crippen molar-refractivity contribution in [1.82, 2.24) is 0 Å². The molecule has 1 aliphatic carbocycles. The Morgan fingerprint density at radius 3 is 2.20 bits per heavy atom. The van der Waals surface area contributed by atoms with Gasteiger partial charge in [0.1, 0.15) is 6.10 Å². The summed E-state index contributed by atoms with van der Waals surface area (Å²) in [7, 11) is 1.31. The molecule has 0 heterocycles. The molecule has 0 aliphatic heterocycles. The molecule has 20 heavy (non-hydrogen) atoms. The Labute approximate surface area is 122 Å². The first-order valence-corrected chi connectivity index (χ1v) is 7.41. The lowest BCUT2D eigenvalue weighted by atomic mass is 9.84. The van der Waals surface area contributed by atoms with Crippen molar-refractivity contribution in [3.05, 3.63) is 12.7 Å². The third-order valence-corrected chi connectivity index (χ3v) is 3.46. The molecule has 0 saturated heterocycles. The van der Waals surface area contributed by atoms with Crippen molar-refractivity contribution >= 4 is 11.9 Å². The van der Waals surface area contributed by atoms with E-state index in [2.05, 4.69) is 18.2 Å². The summed E-state index contributed by atoms with van der Waals surface area (Å²) in [6.07, 6.45) is 9.99. The fourth-order valence-corrected chi connectivity index (χ4v) is 2.35. The first-order chi connectivity index (χ1) is 9.53. The summed E-state index contributed by atoms with van der Waals surface area (Å²) < 4.78 is 9.35. The smallest absolute Gasteiger partial charge is 0.329 e. The van der Waals surface area contributed by atoms with Crippen molar-refractivity contribution in [2.45, 2.75) is 64.9 Å². The molecule has 1 saturated carbocycles. The standard InChI is InChI=1S/C12H22O2.C4H6O2/c1-3-4-5-11-6-8-12(9-7-11)14-10(2)13;1-3-4(5)6-2/h11-12H,3-9H2,1-2H3;3H,1H2,2H3. The number of ether oxygens (including phenoxy) is 2. The molecular weight excluding hydrogens is 256 g/mol. The van der Waals surface area contributed by atoms with E-state index >= 15 is 0 Å². The van der Waals surface area contributed by atoms with Gasteiger partial charge in [0.2, 0.25) is 0 Å². The maximum atomic E-state index is 10.7. The minimum Gasteiger partial charge on any atom is -0.466 e. The van der Waals surface area contributed by atoms with Crippen LogP contribution in [-0.4, -0.2) is 25.2 Å². The second kappa shape index (κ2) is 11.5. The maximum absolute atomic E-state index is 10.7. The molecule has 1 fully saturated rings. The minimum absolute atomic E-state index is 0.123. The van der Waals surface area contributed by atoms with E-state index in [9.17, 15) is 9.59 Å². The average molecular weight is 284 g/mol. The molecule has 1 aliphatic rings. The van der Waals surface area contributed by atoms with Crippen LogP contribution in [0.5, 0.6) is 0 Å². The fraction of sp³-hybridized carbons (Fsp3) is 0.750. The van der Waals surface area contributed by atoms with E-state index in [1.54, 1.807) is 0 Å². The van der Waals surface area contributed by atoms with Gasteiger partial charge in [-0.2, -0.15) is 0 Å². The quantitative estimate of drug-likeness (QED) is 0.571. The molecule has 0 N–H and O–H groups in total. The van der Waals surface area contributed by atoms with Crippen LogP contribution in [0.1, 0.15) is 58.8 Å². The number of rotatable bonds is 5. The van der Waals surface area contributed by atoms with Crippen molar-refractivity contribution in [2.24, 2.45) is 5.92 Å². The highest BCUT2D eigenvalue weighted by Crippen LogP contribution is 2.29. The van der Waals surface area contributed by atoms with Gasteiger partial charge in [0.15, 0.2) is 0 Å². The second-order valence-corrected chi connectivity index (χ2v) is 5.12. The van der Waals surface area contributed by atoms with E-state index in [0.717, 1.165) is 24.8 Å². The van der Waals surface area contributed by atoms with Crippen molar-refractivity contribution < 1.29 is 19.1 Å². The van der Waals surface area contributed by atoms with Gasteiger partial charge in [-0.15, -0.1) is 0 Å². The molecule has 116 valence electrons. The molecule has 0 unspecified atom stereocenters. The van der Waals surface area contributed by atoms with Crippen LogP contribution in [-0.2, 0) is 19.1 Å². The zero-order valence-corrected chi connectivity index (χ0v) is 13.0. The number of hydrogen-bond donors (Lipinski definition) is 0. The van der Waals surface area contributed by atoms with Gasteiger partial charge in [-0.05, 0) is 31.6 Å². The van der Waals surface area contributed by atoms with Gasteiger partial charge in [-0.3, -0.25) is 4.79 Å². The minimum atomic E-state index is -0.394. The van der Waals surface area contributed by atoms with Gasteiger partial charge in [0.05, 0.1) is 7.11 Å². The van der Waals surface area contributed by atoms with Crippen LogP contribution in [0, 0.1) is 5.92 Å². The molecule has 0 atom stereocenters. The first kappa shape index (κ1) is 18.7. The van der Waals surface area contributed by atoms with Crippen LogP contribution in [0.2, 0.25) is 0 Å². The molecule has 0 bridgehead atoms. The Morgan fingerprint density at radius 2 is 1.85 bits per heavy atom. The summed E-state index contributed by atoms with van der Waals surface area (Å²) in [6, 6.07) is 0. The molecule has 0 aromatic carbocycles. The van der Waals surface area contributed by atoms with Gasteiger partial charge in [-0.1, -0.05) is 32.8 Å². The van der Waals surface area contributed by atoms with E-state index < -0.39 is 5.97 Å². The number of hydrogen-bond acceptors (Lipinski definition) is 4. The lowest BCUT2D eigenvalue weighted by Crippen LogP contribution is -2.23. The lowest BCUT2D eigenvalue weighted by molar-refractivity contribution is -0.148. The largest absolute Gasteiger partial charge is 0.466 e. The van der Waals surface area contributed by atoms with Crippen molar-refractivity contribution in [1.29, 1.82) is 0 Å². The van der Waals surface area contributed by atoms with E-state index in [0.29, 0.717) is 0 Å². The van der Waals surface area contributed by atoms with Gasteiger partial charge in [0.25, 0.3) is 0 Å². The predicted molar refractivity (Wildman–Crippen MR) is 79.3 cm³/mol. The Kier molecular flexibility index (Phi) is 10.7. The van der Waals surface area contributed by atoms with Crippen LogP contribution in [0.3, 0.4) is 0 Å². The highest BCUT2D eigenvalue weighted by Gasteiger charge is 2.22. The number of carbonyl (C=O) groups excluding carboxylic acids is 2. The lowest BCUT2D eigenvalue weighted by Gasteiger charge is -2.27. The van der Waals surface area contributed by atoms with Crippen molar-refractivity contribution in [3.8, 4) is 0 Å². The molecule has 0 radical (unpaired) electrons. The predicted octanol–water partition coefficient (Wildman–Crippen LogP) is 3.64. The second-order valence-electron chi connectivity index (χ2n) is 5.12. The zero-order chi connectivity index (χ0) is 15.4. The summed E-state index contributed by atoms with van der Waals surface area (Å²) in [5.74, 6) is 0.374. The van der Waals surface area contributed by atoms with Crippen molar-refractivity contribution in [2.75, 3.05) is 7.11 Å². The Hall–Kier alpha value is -1.32. The van der Waals surface area contributed by atoms with Gasteiger partial charge < -0.3 is 9.47 Å². The summed E-state index contributed by atoms with van der Waals surface area (Å²) in [5, 5.41) is 0. The van der Waals surface area contributed by atoms with Crippen LogP contribution in [0.25, 0.3) is 0 Å². The highest BCUT2D eigenvalue weighted by molar-refractivity contribution is 5.80. The molecule has 0 amide bonds. The number of methoxy groups -OCH3 is 1. The topological polar surface area (TPSA) is 52.6 Å². The SMILES string of the molecule is C=CC(=O)OC.CCCCC1CCC(OC(C)=O)CC1.